The van der Waals surface area contributed by atoms with Gasteiger partial charge in [0.2, 0.25) is 5.78 Å². The van der Waals surface area contributed by atoms with E-state index < -0.39 is 23.5 Å². The van der Waals surface area contributed by atoms with Crippen molar-refractivity contribution in [3.05, 3.63) is 70.3 Å². The highest BCUT2D eigenvalue weighted by Gasteiger charge is 2.58. The molecule has 3 aliphatic heterocycles. The molecule has 7 heteroatoms. The van der Waals surface area contributed by atoms with E-state index in [9.17, 15) is 14.7 Å². The first-order valence-electron chi connectivity index (χ1n) is 11.2. The van der Waals surface area contributed by atoms with E-state index in [2.05, 4.69) is 0 Å². The van der Waals surface area contributed by atoms with Gasteiger partial charge >= 0.3 is 0 Å². The van der Waals surface area contributed by atoms with Gasteiger partial charge in [0.05, 0.1) is 19.3 Å². The number of ketones is 1. The number of rotatable bonds is 2. The molecule has 0 aromatic heterocycles. The Morgan fingerprint density at radius 2 is 1.79 bits per heavy atom. The zero-order valence-corrected chi connectivity index (χ0v) is 18.8. The van der Waals surface area contributed by atoms with E-state index in [-0.39, 0.29) is 11.7 Å². The minimum Gasteiger partial charge on any atom is -0.485 e. The van der Waals surface area contributed by atoms with Crippen LogP contribution in [0.15, 0.2) is 48.0 Å². The third-order valence-corrected chi connectivity index (χ3v) is 7.22. The Balaban J connectivity index is 1.47. The molecule has 3 heterocycles. The first-order chi connectivity index (χ1) is 15.7. The van der Waals surface area contributed by atoms with Crippen LogP contribution in [0.4, 0.5) is 0 Å². The van der Waals surface area contributed by atoms with Gasteiger partial charge in [-0.2, -0.15) is 0 Å². The summed E-state index contributed by atoms with van der Waals surface area (Å²) in [4.78, 5) is 27.7. The van der Waals surface area contributed by atoms with Gasteiger partial charge in [-0.3, -0.25) is 9.59 Å². The second-order valence-corrected chi connectivity index (χ2v) is 9.58. The molecule has 7 nitrogen and oxygen atoms in total. The molecule has 1 aliphatic carbocycles. The normalized spacial score (nSPS) is 26.8. The minimum absolute atomic E-state index is 0.114. The summed E-state index contributed by atoms with van der Waals surface area (Å²) in [5.41, 5.74) is 3.45. The SMILES string of the molecule is CC1=C(c2ccc3c(c2)[C@H](N2Cc4ccccc4C2=O)[C@@H](O)C(C)(C)O3)C2(OCCO2)C1=O. The van der Waals surface area contributed by atoms with Gasteiger partial charge in [-0.25, -0.2) is 0 Å². The monoisotopic (exact) mass is 447 g/mol. The van der Waals surface area contributed by atoms with Crippen LogP contribution in [0.5, 0.6) is 5.75 Å². The standard InChI is InChI=1S/C26H25NO6/c1-14-20(26(22(14)28)31-10-11-32-26)15-8-9-19-18(12-15)21(23(29)25(2,3)33-19)27-13-16-6-4-5-7-17(16)24(27)30/h4-9,12,21,23,29H,10-11,13H2,1-3H3/t21-,23+/m0/s1. The lowest BCUT2D eigenvalue weighted by molar-refractivity contribution is -0.162. The molecule has 170 valence electrons. The van der Waals surface area contributed by atoms with Gasteiger partial charge in [0.25, 0.3) is 11.7 Å². The molecule has 1 saturated heterocycles. The molecule has 0 radical (unpaired) electrons. The molecule has 1 fully saturated rings. The van der Waals surface area contributed by atoms with Gasteiger partial charge in [-0.15, -0.1) is 0 Å². The number of nitrogens with zero attached hydrogens (tertiary/aromatic N) is 1. The molecule has 2 aromatic rings. The van der Waals surface area contributed by atoms with E-state index in [0.717, 1.165) is 11.1 Å². The zero-order chi connectivity index (χ0) is 23.1. The highest BCUT2D eigenvalue weighted by molar-refractivity contribution is 6.23. The maximum atomic E-state index is 13.3. The Hall–Kier alpha value is -3.00. The van der Waals surface area contributed by atoms with Crippen molar-refractivity contribution in [2.24, 2.45) is 0 Å². The van der Waals surface area contributed by atoms with Crippen LogP contribution in [0.25, 0.3) is 5.57 Å². The summed E-state index contributed by atoms with van der Waals surface area (Å²) in [6.07, 6.45) is -0.954. The van der Waals surface area contributed by atoms with Gasteiger partial charge in [0.15, 0.2) is 0 Å². The van der Waals surface area contributed by atoms with Gasteiger partial charge in [0.1, 0.15) is 17.5 Å². The molecule has 1 N–H and O–H groups in total. The molecule has 1 amide bonds. The first kappa shape index (κ1) is 20.6. The van der Waals surface area contributed by atoms with Gasteiger partial charge in [-0.05, 0) is 50.1 Å². The molecule has 2 atom stereocenters. The van der Waals surface area contributed by atoms with Crippen molar-refractivity contribution in [1.29, 1.82) is 0 Å². The number of carbonyl (C=O) groups excluding carboxylic acids is 2. The van der Waals surface area contributed by atoms with E-state index >= 15 is 0 Å². The molecule has 2 aromatic carbocycles. The molecule has 6 rings (SSSR count). The summed E-state index contributed by atoms with van der Waals surface area (Å²) in [7, 11) is 0. The molecular formula is C26H25NO6. The van der Waals surface area contributed by atoms with Crippen molar-refractivity contribution in [3.8, 4) is 5.75 Å². The van der Waals surface area contributed by atoms with Crippen molar-refractivity contribution >= 4 is 17.3 Å². The molecule has 33 heavy (non-hydrogen) atoms. The van der Waals surface area contributed by atoms with Crippen molar-refractivity contribution < 1.29 is 28.9 Å². The van der Waals surface area contributed by atoms with Crippen LogP contribution < -0.4 is 4.74 Å². The van der Waals surface area contributed by atoms with Crippen molar-refractivity contribution in [1.82, 2.24) is 4.90 Å². The van der Waals surface area contributed by atoms with Crippen LogP contribution >= 0.6 is 0 Å². The number of hydrogen-bond donors (Lipinski definition) is 1. The fourth-order valence-electron chi connectivity index (χ4n) is 5.51. The number of carbonyl (C=O) groups is 2. The van der Waals surface area contributed by atoms with Crippen LogP contribution in [0.2, 0.25) is 0 Å². The summed E-state index contributed by atoms with van der Waals surface area (Å²) >= 11 is 0. The second kappa shape index (κ2) is 6.76. The van der Waals surface area contributed by atoms with E-state index in [1.54, 1.807) is 11.8 Å². The second-order valence-electron chi connectivity index (χ2n) is 9.58. The third kappa shape index (κ3) is 2.67. The Morgan fingerprint density at radius 1 is 1.06 bits per heavy atom. The molecule has 0 saturated carbocycles. The number of aliphatic hydroxyl groups excluding tert-OH is 1. The fraction of sp³-hybridized carbons (Fsp3) is 0.385. The predicted octanol–water partition coefficient (Wildman–Crippen LogP) is 3.01. The number of benzene rings is 2. The van der Waals surface area contributed by atoms with Crippen molar-refractivity contribution in [2.45, 2.75) is 50.8 Å². The zero-order valence-electron chi connectivity index (χ0n) is 18.8. The lowest BCUT2D eigenvalue weighted by Crippen LogP contribution is -2.54. The van der Waals surface area contributed by atoms with E-state index in [1.807, 2.05) is 56.3 Å². The minimum atomic E-state index is -1.35. The van der Waals surface area contributed by atoms with Crippen LogP contribution in [0, 0.1) is 0 Å². The molecule has 0 bridgehead atoms. The topological polar surface area (TPSA) is 85.3 Å². The summed E-state index contributed by atoms with van der Waals surface area (Å²) < 4.78 is 17.6. The van der Waals surface area contributed by atoms with Crippen molar-refractivity contribution in [2.75, 3.05) is 13.2 Å². The Labute approximate surface area is 191 Å². The largest absolute Gasteiger partial charge is 0.485 e. The highest BCUT2D eigenvalue weighted by atomic mass is 16.7. The molecule has 4 aliphatic rings. The number of ether oxygens (including phenoxy) is 3. The molecule has 1 spiro atoms. The quantitative estimate of drug-likeness (QED) is 0.762. The number of fused-ring (bicyclic) bond motifs is 2. The Morgan fingerprint density at radius 3 is 2.52 bits per heavy atom. The smallest absolute Gasteiger partial charge is 0.262 e. The van der Waals surface area contributed by atoms with Crippen LogP contribution in [-0.4, -0.2) is 52.4 Å². The summed E-state index contributed by atoms with van der Waals surface area (Å²) in [5.74, 6) is -1.02. The first-order valence-corrected chi connectivity index (χ1v) is 11.2. The average molecular weight is 447 g/mol. The third-order valence-electron chi connectivity index (χ3n) is 7.22. The highest BCUT2D eigenvalue weighted by Crippen LogP contribution is 2.51. The van der Waals surface area contributed by atoms with Gasteiger partial charge < -0.3 is 24.2 Å². The Bertz CT molecular complexity index is 1240. The van der Waals surface area contributed by atoms with Gasteiger partial charge in [0, 0.05) is 28.8 Å². The lowest BCUT2D eigenvalue weighted by Gasteiger charge is -2.46. The van der Waals surface area contributed by atoms with E-state index in [1.165, 1.54) is 0 Å². The van der Waals surface area contributed by atoms with Crippen LogP contribution in [0.1, 0.15) is 53.9 Å². The maximum Gasteiger partial charge on any atom is 0.262 e. The number of aliphatic hydroxyl groups is 1. The van der Waals surface area contributed by atoms with Crippen LogP contribution in [0.3, 0.4) is 0 Å². The molecule has 0 unspecified atom stereocenters. The molecular weight excluding hydrogens is 422 g/mol. The van der Waals surface area contributed by atoms with Crippen LogP contribution in [-0.2, 0) is 20.8 Å². The Kier molecular flexibility index (Phi) is 4.22. The summed E-state index contributed by atoms with van der Waals surface area (Å²) in [6.45, 7) is 6.52. The maximum absolute atomic E-state index is 13.3. The summed E-state index contributed by atoms with van der Waals surface area (Å²) in [6, 6.07) is 12.5. The predicted molar refractivity (Wildman–Crippen MR) is 118 cm³/mol. The van der Waals surface area contributed by atoms with E-state index in [0.29, 0.717) is 47.8 Å². The summed E-state index contributed by atoms with van der Waals surface area (Å²) in [5, 5.41) is 11.4. The average Bonchev–Trinajstić information content (AvgIpc) is 3.42. The fourth-order valence-corrected chi connectivity index (χ4v) is 5.51. The van der Waals surface area contributed by atoms with E-state index in [4.69, 9.17) is 14.2 Å². The number of hydrogen-bond acceptors (Lipinski definition) is 6. The van der Waals surface area contributed by atoms with Crippen molar-refractivity contribution in [3.63, 3.8) is 0 Å². The van der Waals surface area contributed by atoms with Gasteiger partial charge in [-0.1, -0.05) is 24.3 Å². The number of amides is 1. The number of Topliss-reactive ketones (excluding diaryl/α,β-unsaturated/α-hetero) is 1. The lowest BCUT2D eigenvalue weighted by atomic mass is 9.75.